The van der Waals surface area contributed by atoms with Crippen LogP contribution in [0.5, 0.6) is 0 Å². The summed E-state index contributed by atoms with van der Waals surface area (Å²) in [6.45, 7) is 0. The number of nitrogens with zero attached hydrogens (tertiary/aromatic N) is 1. The lowest BCUT2D eigenvalue weighted by molar-refractivity contribution is -0.380. The second-order valence-electron chi connectivity index (χ2n) is 3.86. The van der Waals surface area contributed by atoms with Crippen molar-refractivity contribution in [2.75, 3.05) is 6.26 Å². The van der Waals surface area contributed by atoms with E-state index in [0.29, 0.717) is 10.4 Å². The minimum Gasteiger partial charge on any atom is -0.289 e. The van der Waals surface area contributed by atoms with E-state index in [0.717, 1.165) is 16.2 Å². The van der Waals surface area contributed by atoms with Gasteiger partial charge in [0.25, 0.3) is 0 Å². The Labute approximate surface area is 124 Å². The largest absolute Gasteiger partial charge is 0.324 e. The quantitative estimate of drug-likeness (QED) is 0.272. The normalized spacial score (nSPS) is 10.8. The molecule has 0 aliphatic heterocycles. The van der Waals surface area contributed by atoms with Gasteiger partial charge in [-0.05, 0) is 48.7 Å². The third-order valence-corrected chi connectivity index (χ3v) is 4.31. The Bertz CT molecular complexity index is 659. The standard InChI is InChI=1S/C14H11NO3S2/c1-19-11-4-2-10(3-5-11)13(16)8-6-12-7-9-14(20-12)15(17)18/h2-9H,1H3/b8-6+. The number of rotatable bonds is 5. The van der Waals surface area contributed by atoms with Gasteiger partial charge in [-0.2, -0.15) is 0 Å². The monoisotopic (exact) mass is 305 g/mol. The van der Waals surface area contributed by atoms with Gasteiger partial charge in [-0.25, -0.2) is 0 Å². The number of carbonyl (C=O) groups excluding carboxylic acids is 1. The third kappa shape index (κ3) is 3.55. The smallest absolute Gasteiger partial charge is 0.289 e. The first-order chi connectivity index (χ1) is 9.60. The Balaban J connectivity index is 2.09. The molecule has 2 rings (SSSR count). The molecule has 20 heavy (non-hydrogen) atoms. The van der Waals surface area contributed by atoms with Crippen LogP contribution in [0, 0.1) is 10.1 Å². The lowest BCUT2D eigenvalue weighted by Gasteiger charge is -1.98. The molecule has 0 bridgehead atoms. The molecule has 2 aromatic rings. The summed E-state index contributed by atoms with van der Waals surface area (Å²) >= 11 is 2.66. The first kappa shape index (κ1) is 14.5. The molecule has 1 heterocycles. The average Bonchev–Trinajstić information content (AvgIpc) is 2.94. The molecule has 0 N–H and O–H groups in total. The summed E-state index contributed by atoms with van der Waals surface area (Å²) in [5.41, 5.74) is 0.602. The number of hydrogen-bond donors (Lipinski definition) is 0. The van der Waals surface area contributed by atoms with Gasteiger partial charge < -0.3 is 0 Å². The fourth-order valence-electron chi connectivity index (χ4n) is 1.54. The summed E-state index contributed by atoms with van der Waals surface area (Å²) in [6, 6.07) is 10.4. The Hall–Kier alpha value is -1.92. The van der Waals surface area contributed by atoms with Gasteiger partial charge in [0.15, 0.2) is 5.78 Å². The maximum absolute atomic E-state index is 11.9. The lowest BCUT2D eigenvalue weighted by Crippen LogP contribution is -1.93. The fraction of sp³-hybridized carbons (Fsp3) is 0.0714. The summed E-state index contributed by atoms with van der Waals surface area (Å²) in [4.78, 5) is 23.8. The van der Waals surface area contributed by atoms with Crippen molar-refractivity contribution in [1.29, 1.82) is 0 Å². The average molecular weight is 305 g/mol. The highest BCUT2D eigenvalue weighted by Crippen LogP contribution is 2.25. The van der Waals surface area contributed by atoms with E-state index < -0.39 is 4.92 Å². The van der Waals surface area contributed by atoms with Crippen LogP contribution in [0.3, 0.4) is 0 Å². The van der Waals surface area contributed by atoms with Gasteiger partial charge in [-0.3, -0.25) is 14.9 Å². The number of thiophene rings is 1. The molecule has 0 unspecified atom stereocenters. The van der Waals surface area contributed by atoms with Gasteiger partial charge in [-0.1, -0.05) is 11.3 Å². The molecule has 0 radical (unpaired) electrons. The van der Waals surface area contributed by atoms with Gasteiger partial charge in [-0.15, -0.1) is 11.8 Å². The molecule has 6 heteroatoms. The van der Waals surface area contributed by atoms with E-state index in [1.807, 2.05) is 18.4 Å². The highest BCUT2D eigenvalue weighted by atomic mass is 32.2. The highest BCUT2D eigenvalue weighted by molar-refractivity contribution is 7.98. The molecular weight excluding hydrogens is 294 g/mol. The van der Waals surface area contributed by atoms with Gasteiger partial charge in [0.05, 0.1) is 4.92 Å². The summed E-state index contributed by atoms with van der Waals surface area (Å²) in [7, 11) is 0. The van der Waals surface area contributed by atoms with E-state index in [-0.39, 0.29) is 10.8 Å². The van der Waals surface area contributed by atoms with Crippen LogP contribution in [0.2, 0.25) is 0 Å². The molecule has 0 fully saturated rings. The lowest BCUT2D eigenvalue weighted by atomic mass is 10.1. The Morgan fingerprint density at radius 1 is 1.25 bits per heavy atom. The van der Waals surface area contributed by atoms with Gasteiger partial charge in [0.1, 0.15) is 0 Å². The van der Waals surface area contributed by atoms with Crippen LogP contribution in [0.4, 0.5) is 5.00 Å². The van der Waals surface area contributed by atoms with Crippen molar-refractivity contribution in [2.45, 2.75) is 4.90 Å². The van der Waals surface area contributed by atoms with Crippen molar-refractivity contribution < 1.29 is 9.72 Å². The number of ketones is 1. The molecule has 102 valence electrons. The van der Waals surface area contributed by atoms with Gasteiger partial charge in [0.2, 0.25) is 0 Å². The van der Waals surface area contributed by atoms with E-state index in [1.165, 1.54) is 12.1 Å². The van der Waals surface area contributed by atoms with Crippen LogP contribution >= 0.6 is 23.1 Å². The molecule has 4 nitrogen and oxygen atoms in total. The minimum absolute atomic E-state index is 0.0708. The molecular formula is C14H11NO3S2. The molecule has 0 saturated carbocycles. The zero-order valence-electron chi connectivity index (χ0n) is 10.6. The van der Waals surface area contributed by atoms with Crippen LogP contribution in [0.1, 0.15) is 15.2 Å². The maximum atomic E-state index is 11.9. The number of hydrogen-bond acceptors (Lipinski definition) is 5. The molecule has 0 atom stereocenters. The first-order valence-corrected chi connectivity index (χ1v) is 7.75. The van der Waals surface area contributed by atoms with E-state index >= 15 is 0 Å². The van der Waals surface area contributed by atoms with E-state index in [1.54, 1.807) is 36.0 Å². The van der Waals surface area contributed by atoms with Crippen molar-refractivity contribution in [3.63, 3.8) is 0 Å². The maximum Gasteiger partial charge on any atom is 0.324 e. The first-order valence-electron chi connectivity index (χ1n) is 5.71. The van der Waals surface area contributed by atoms with Crippen molar-refractivity contribution in [3.05, 3.63) is 63.0 Å². The molecule has 0 saturated heterocycles. The second kappa shape index (κ2) is 6.49. The van der Waals surface area contributed by atoms with Crippen molar-refractivity contribution in [3.8, 4) is 0 Å². The predicted octanol–water partition coefficient (Wildman–Crippen LogP) is 4.27. The Morgan fingerprint density at radius 3 is 2.50 bits per heavy atom. The van der Waals surface area contributed by atoms with Crippen LogP contribution in [0.25, 0.3) is 6.08 Å². The van der Waals surface area contributed by atoms with E-state index in [4.69, 9.17) is 0 Å². The number of carbonyl (C=O) groups is 1. The molecule has 0 aliphatic carbocycles. The molecule has 0 spiro atoms. The van der Waals surface area contributed by atoms with Crippen molar-refractivity contribution in [2.24, 2.45) is 0 Å². The summed E-state index contributed by atoms with van der Waals surface area (Å²) in [5.74, 6) is -0.117. The number of thioether (sulfide) groups is 1. The zero-order valence-corrected chi connectivity index (χ0v) is 12.2. The summed E-state index contributed by atoms with van der Waals surface area (Å²) in [5, 5.41) is 10.6. The minimum atomic E-state index is -0.440. The number of benzene rings is 1. The summed E-state index contributed by atoms with van der Waals surface area (Å²) < 4.78 is 0. The summed E-state index contributed by atoms with van der Waals surface area (Å²) in [6.07, 6.45) is 5.01. The molecule has 1 aromatic carbocycles. The SMILES string of the molecule is CSc1ccc(C(=O)/C=C/c2ccc([N+](=O)[O-])s2)cc1. The second-order valence-corrected chi connectivity index (χ2v) is 5.83. The van der Waals surface area contributed by atoms with E-state index in [2.05, 4.69) is 0 Å². The van der Waals surface area contributed by atoms with Gasteiger partial charge in [0, 0.05) is 21.4 Å². The topological polar surface area (TPSA) is 60.2 Å². The molecule has 0 amide bonds. The van der Waals surface area contributed by atoms with E-state index in [9.17, 15) is 14.9 Å². The third-order valence-electron chi connectivity index (χ3n) is 2.57. The van der Waals surface area contributed by atoms with Gasteiger partial charge >= 0.3 is 5.00 Å². The Kier molecular flexibility index (Phi) is 4.70. The van der Waals surface area contributed by atoms with Crippen molar-refractivity contribution >= 4 is 40.0 Å². The molecule has 0 aliphatic rings. The van der Waals surface area contributed by atoms with Crippen LogP contribution in [-0.4, -0.2) is 17.0 Å². The molecule has 1 aromatic heterocycles. The zero-order chi connectivity index (χ0) is 14.5. The highest BCUT2D eigenvalue weighted by Gasteiger charge is 2.08. The fourth-order valence-corrected chi connectivity index (χ4v) is 2.67. The van der Waals surface area contributed by atoms with Crippen LogP contribution < -0.4 is 0 Å². The van der Waals surface area contributed by atoms with Crippen LogP contribution in [0.15, 0.2) is 47.4 Å². The number of nitro groups is 1. The number of allylic oxidation sites excluding steroid dienone is 1. The van der Waals surface area contributed by atoms with Crippen LogP contribution in [-0.2, 0) is 0 Å². The Morgan fingerprint density at radius 2 is 1.95 bits per heavy atom. The predicted molar refractivity (Wildman–Crippen MR) is 82.6 cm³/mol. The van der Waals surface area contributed by atoms with Crippen molar-refractivity contribution in [1.82, 2.24) is 0 Å².